The number of benzene rings is 2. The van der Waals surface area contributed by atoms with E-state index in [-0.39, 0.29) is 17.3 Å². The van der Waals surface area contributed by atoms with Gasteiger partial charge in [-0.2, -0.15) is 0 Å². The number of phenolic OH excluding ortho intramolecular Hbond substituents is 2. The zero-order valence-electron chi connectivity index (χ0n) is 12.4. The number of ketones is 1. The molecule has 0 bridgehead atoms. The van der Waals surface area contributed by atoms with Crippen molar-refractivity contribution in [2.24, 2.45) is 0 Å². The Balaban J connectivity index is 2.12. The Hall–Kier alpha value is -3.21. The molecule has 3 N–H and O–H groups in total. The molecule has 0 saturated heterocycles. The van der Waals surface area contributed by atoms with Gasteiger partial charge in [-0.05, 0) is 48.0 Å². The molecule has 2 aromatic carbocycles. The van der Waals surface area contributed by atoms with E-state index in [1.807, 2.05) is 0 Å². The van der Waals surface area contributed by atoms with E-state index in [0.29, 0.717) is 16.9 Å². The largest absolute Gasteiger partial charge is 0.508 e. The van der Waals surface area contributed by atoms with Crippen LogP contribution in [0, 0.1) is 0 Å². The fourth-order valence-electron chi connectivity index (χ4n) is 1.87. The molecular weight excluding hydrogens is 296 g/mol. The molecule has 0 radical (unpaired) electrons. The number of hydrogen-bond donors (Lipinski definition) is 3. The molecule has 0 aliphatic carbocycles. The zero-order valence-corrected chi connectivity index (χ0v) is 12.4. The Kier molecular flexibility index (Phi) is 5.04. The van der Waals surface area contributed by atoms with Crippen LogP contribution in [-0.2, 0) is 4.79 Å². The van der Waals surface area contributed by atoms with Crippen molar-refractivity contribution in [3.05, 3.63) is 65.7 Å². The molecule has 0 atom stereocenters. The van der Waals surface area contributed by atoms with Gasteiger partial charge < -0.3 is 20.1 Å². The summed E-state index contributed by atoms with van der Waals surface area (Å²) in [5, 5.41) is 28.6. The van der Waals surface area contributed by atoms with Crippen LogP contribution in [0.25, 0.3) is 11.8 Å². The lowest BCUT2D eigenvalue weighted by Gasteiger charge is -2.03. The zero-order chi connectivity index (χ0) is 16.8. The van der Waals surface area contributed by atoms with Gasteiger partial charge in [0.25, 0.3) is 0 Å². The smallest absolute Gasteiger partial charge is 0.182 e. The van der Waals surface area contributed by atoms with E-state index in [1.165, 1.54) is 43.5 Å². The molecule has 0 amide bonds. The maximum atomic E-state index is 11.8. The minimum absolute atomic E-state index is 0.0147. The van der Waals surface area contributed by atoms with Gasteiger partial charge in [0, 0.05) is 11.6 Å². The maximum absolute atomic E-state index is 11.8. The molecule has 0 aliphatic rings. The van der Waals surface area contributed by atoms with Crippen LogP contribution in [0.3, 0.4) is 0 Å². The topological polar surface area (TPSA) is 87.0 Å². The average molecular weight is 312 g/mol. The third-order valence-electron chi connectivity index (χ3n) is 3.09. The number of carbonyl (C=O) groups is 1. The molecule has 0 saturated carbocycles. The number of rotatable bonds is 5. The molecule has 2 rings (SSSR count). The number of phenols is 2. The van der Waals surface area contributed by atoms with Gasteiger partial charge in [0.1, 0.15) is 11.5 Å². The Labute approximate surface area is 133 Å². The number of hydrogen-bond acceptors (Lipinski definition) is 5. The number of ether oxygens (including phenoxy) is 1. The lowest BCUT2D eigenvalue weighted by atomic mass is 10.1. The Morgan fingerprint density at radius 1 is 1.09 bits per heavy atom. The minimum atomic E-state index is -0.400. The predicted octanol–water partition coefficient (Wildman–Crippen LogP) is 3.29. The number of methoxy groups -OCH3 is 1. The van der Waals surface area contributed by atoms with E-state index in [4.69, 9.17) is 4.74 Å². The summed E-state index contributed by atoms with van der Waals surface area (Å²) >= 11 is 0. The monoisotopic (exact) mass is 312 g/mol. The van der Waals surface area contributed by atoms with Crippen LogP contribution in [0.2, 0.25) is 0 Å². The van der Waals surface area contributed by atoms with Crippen LogP contribution in [0.15, 0.2) is 54.6 Å². The summed E-state index contributed by atoms with van der Waals surface area (Å²) in [6.07, 6.45) is 3.92. The fraction of sp³-hybridized carbons (Fsp3) is 0.0556. The number of carbonyl (C=O) groups excluding carboxylic acids is 1. The summed E-state index contributed by atoms with van der Waals surface area (Å²) < 4.78 is 4.98. The molecule has 0 heterocycles. The number of aliphatic hydroxyl groups is 1. The highest BCUT2D eigenvalue weighted by atomic mass is 16.5. The Morgan fingerprint density at radius 2 is 1.78 bits per heavy atom. The molecule has 5 heteroatoms. The highest BCUT2D eigenvalue weighted by Gasteiger charge is 2.03. The van der Waals surface area contributed by atoms with Crippen LogP contribution in [0.4, 0.5) is 0 Å². The summed E-state index contributed by atoms with van der Waals surface area (Å²) in [6.45, 7) is 0. The van der Waals surface area contributed by atoms with Gasteiger partial charge in [-0.1, -0.05) is 12.1 Å². The van der Waals surface area contributed by atoms with Crippen molar-refractivity contribution in [1.82, 2.24) is 0 Å². The van der Waals surface area contributed by atoms with Gasteiger partial charge in [-0.3, -0.25) is 4.79 Å². The van der Waals surface area contributed by atoms with Gasteiger partial charge >= 0.3 is 0 Å². The second kappa shape index (κ2) is 7.17. The summed E-state index contributed by atoms with van der Waals surface area (Å²) in [7, 11) is 1.44. The molecule has 2 aromatic rings. The van der Waals surface area contributed by atoms with E-state index < -0.39 is 5.78 Å². The van der Waals surface area contributed by atoms with Crippen molar-refractivity contribution in [2.45, 2.75) is 0 Å². The molecule has 5 nitrogen and oxygen atoms in total. The summed E-state index contributed by atoms with van der Waals surface area (Å²) in [5.41, 5.74) is 1.10. The number of allylic oxidation sites excluding steroid dienone is 2. The molecule has 0 unspecified atom stereocenters. The van der Waals surface area contributed by atoms with Gasteiger partial charge in [0.05, 0.1) is 7.11 Å². The van der Waals surface area contributed by atoms with Gasteiger partial charge in [0.2, 0.25) is 0 Å². The lowest BCUT2D eigenvalue weighted by Crippen LogP contribution is -1.91. The van der Waals surface area contributed by atoms with Crippen molar-refractivity contribution < 1.29 is 24.9 Å². The van der Waals surface area contributed by atoms with Gasteiger partial charge in [0.15, 0.2) is 17.3 Å². The SMILES string of the molecule is COc1cc(/C=C/C(=O)C=C(O)c2ccc(O)cc2)ccc1O. The summed E-state index contributed by atoms with van der Waals surface area (Å²) in [4.78, 5) is 11.8. The van der Waals surface area contributed by atoms with Gasteiger partial charge in [-0.15, -0.1) is 0 Å². The third kappa shape index (κ3) is 4.38. The third-order valence-corrected chi connectivity index (χ3v) is 3.09. The van der Waals surface area contributed by atoms with E-state index in [9.17, 15) is 20.1 Å². The van der Waals surface area contributed by atoms with E-state index in [2.05, 4.69) is 0 Å². The van der Waals surface area contributed by atoms with Crippen molar-refractivity contribution >= 4 is 17.6 Å². The first-order valence-corrected chi connectivity index (χ1v) is 6.78. The standard InChI is InChI=1S/C18H16O5/c1-23-18-10-12(3-9-16(18)21)2-6-15(20)11-17(22)13-4-7-14(19)8-5-13/h2-11,19,21-22H,1H3/b6-2+,17-11?. The molecule has 0 aromatic heterocycles. The fourth-order valence-corrected chi connectivity index (χ4v) is 1.87. The van der Waals surface area contributed by atoms with Crippen molar-refractivity contribution in [3.8, 4) is 17.2 Å². The highest BCUT2D eigenvalue weighted by Crippen LogP contribution is 2.26. The maximum Gasteiger partial charge on any atom is 0.182 e. The normalized spacial score (nSPS) is 11.6. The first kappa shape index (κ1) is 16.2. The Morgan fingerprint density at radius 3 is 2.43 bits per heavy atom. The van der Waals surface area contributed by atoms with Crippen molar-refractivity contribution in [3.63, 3.8) is 0 Å². The molecule has 118 valence electrons. The summed E-state index contributed by atoms with van der Waals surface area (Å²) in [5.74, 6) is -0.192. The summed E-state index contributed by atoms with van der Waals surface area (Å²) in [6, 6.07) is 10.5. The van der Waals surface area contributed by atoms with Crippen LogP contribution in [0.1, 0.15) is 11.1 Å². The van der Waals surface area contributed by atoms with E-state index >= 15 is 0 Å². The first-order valence-electron chi connectivity index (χ1n) is 6.78. The molecule has 0 aliphatic heterocycles. The molecule has 23 heavy (non-hydrogen) atoms. The van der Waals surface area contributed by atoms with Crippen molar-refractivity contribution in [1.29, 1.82) is 0 Å². The lowest BCUT2D eigenvalue weighted by molar-refractivity contribution is -0.110. The van der Waals surface area contributed by atoms with Crippen LogP contribution >= 0.6 is 0 Å². The Bertz CT molecular complexity index is 757. The van der Waals surface area contributed by atoms with Crippen LogP contribution in [0.5, 0.6) is 17.2 Å². The highest BCUT2D eigenvalue weighted by molar-refractivity contribution is 6.05. The van der Waals surface area contributed by atoms with Crippen LogP contribution in [-0.4, -0.2) is 28.2 Å². The first-order chi connectivity index (χ1) is 11.0. The van der Waals surface area contributed by atoms with Gasteiger partial charge in [-0.25, -0.2) is 0 Å². The predicted molar refractivity (Wildman–Crippen MR) is 87.4 cm³/mol. The molecular formula is C18H16O5. The molecule has 0 spiro atoms. The van der Waals surface area contributed by atoms with Crippen LogP contribution < -0.4 is 4.74 Å². The second-order valence-corrected chi connectivity index (χ2v) is 4.74. The quantitative estimate of drug-likeness (QED) is 0.582. The number of aromatic hydroxyl groups is 2. The van der Waals surface area contributed by atoms with E-state index in [1.54, 1.807) is 18.2 Å². The van der Waals surface area contributed by atoms with Crippen molar-refractivity contribution in [2.75, 3.05) is 7.11 Å². The molecule has 0 fully saturated rings. The number of aliphatic hydroxyl groups excluding tert-OH is 1. The van der Waals surface area contributed by atoms with E-state index in [0.717, 1.165) is 6.08 Å². The minimum Gasteiger partial charge on any atom is -0.508 e. The average Bonchev–Trinajstić information content (AvgIpc) is 2.54. The second-order valence-electron chi connectivity index (χ2n) is 4.74.